The SMILES string of the molecule is O=S(=O)(Cl)CCOc1c(F)cc(F)cc1Br. The van der Waals surface area contributed by atoms with Crippen LogP contribution in [-0.4, -0.2) is 20.8 Å². The van der Waals surface area contributed by atoms with E-state index in [1.165, 1.54) is 0 Å². The van der Waals surface area contributed by atoms with Gasteiger partial charge in [0.25, 0.3) is 0 Å². The molecule has 0 aliphatic rings. The van der Waals surface area contributed by atoms with Gasteiger partial charge in [0, 0.05) is 16.7 Å². The van der Waals surface area contributed by atoms with Crippen molar-refractivity contribution in [1.29, 1.82) is 0 Å². The van der Waals surface area contributed by atoms with E-state index in [1.54, 1.807) is 0 Å². The van der Waals surface area contributed by atoms with Gasteiger partial charge in [0.2, 0.25) is 9.05 Å². The fourth-order valence-electron chi connectivity index (χ4n) is 0.910. The molecule has 3 nitrogen and oxygen atoms in total. The van der Waals surface area contributed by atoms with Crippen LogP contribution in [0.5, 0.6) is 5.75 Å². The predicted molar refractivity (Wildman–Crippen MR) is 59.2 cm³/mol. The Hall–Kier alpha value is -0.400. The molecule has 1 aromatic carbocycles. The van der Waals surface area contributed by atoms with E-state index in [0.717, 1.165) is 6.07 Å². The third-order valence-electron chi connectivity index (χ3n) is 1.54. The fourth-order valence-corrected chi connectivity index (χ4v) is 1.90. The highest BCUT2D eigenvalue weighted by Crippen LogP contribution is 2.29. The highest BCUT2D eigenvalue weighted by atomic mass is 79.9. The first-order chi connectivity index (χ1) is 7.29. The summed E-state index contributed by atoms with van der Waals surface area (Å²) in [6.45, 7) is -0.313. The van der Waals surface area contributed by atoms with E-state index in [-0.39, 0.29) is 16.8 Å². The summed E-state index contributed by atoms with van der Waals surface area (Å²) in [4.78, 5) is 0. The first-order valence-electron chi connectivity index (χ1n) is 3.99. The van der Waals surface area contributed by atoms with Crippen molar-refractivity contribution in [3.05, 3.63) is 28.2 Å². The molecule has 0 heterocycles. The molecule has 0 spiro atoms. The Morgan fingerprint density at radius 2 is 2.00 bits per heavy atom. The minimum absolute atomic E-state index is 0.0666. The van der Waals surface area contributed by atoms with Gasteiger partial charge < -0.3 is 4.74 Å². The van der Waals surface area contributed by atoms with Crippen LogP contribution in [0.3, 0.4) is 0 Å². The third kappa shape index (κ3) is 4.23. The molecule has 0 aliphatic heterocycles. The normalized spacial score (nSPS) is 11.5. The van der Waals surface area contributed by atoms with Gasteiger partial charge in [0.1, 0.15) is 12.4 Å². The van der Waals surface area contributed by atoms with E-state index >= 15 is 0 Å². The summed E-state index contributed by atoms with van der Waals surface area (Å²) in [7, 11) is 1.24. The quantitative estimate of drug-likeness (QED) is 0.795. The second-order valence-electron chi connectivity index (χ2n) is 2.79. The van der Waals surface area contributed by atoms with Gasteiger partial charge in [-0.1, -0.05) is 0 Å². The van der Waals surface area contributed by atoms with Gasteiger partial charge in [0.15, 0.2) is 11.6 Å². The molecule has 0 atom stereocenters. The van der Waals surface area contributed by atoms with Crippen molar-refractivity contribution in [1.82, 2.24) is 0 Å². The van der Waals surface area contributed by atoms with Crippen molar-refractivity contribution < 1.29 is 21.9 Å². The van der Waals surface area contributed by atoms with Crippen molar-refractivity contribution in [2.75, 3.05) is 12.4 Å². The van der Waals surface area contributed by atoms with Crippen LogP contribution in [0.25, 0.3) is 0 Å². The smallest absolute Gasteiger partial charge is 0.235 e. The first-order valence-corrected chi connectivity index (χ1v) is 7.26. The van der Waals surface area contributed by atoms with Gasteiger partial charge in [-0.25, -0.2) is 17.2 Å². The number of rotatable bonds is 4. The molecule has 0 radical (unpaired) electrons. The Kier molecular flexibility index (Phi) is 4.52. The summed E-state index contributed by atoms with van der Waals surface area (Å²) in [5.41, 5.74) is 0. The zero-order chi connectivity index (χ0) is 12.3. The monoisotopic (exact) mass is 334 g/mol. The average Bonchev–Trinajstić information content (AvgIpc) is 2.07. The van der Waals surface area contributed by atoms with E-state index in [1.807, 2.05) is 0 Å². The standard InChI is InChI=1S/C8H6BrClF2O3S/c9-6-3-5(11)4-7(12)8(6)15-1-2-16(10,13)14/h3-4H,1-2H2. The Balaban J connectivity index is 2.75. The Bertz CT molecular complexity index is 469. The van der Waals surface area contributed by atoms with Gasteiger partial charge in [-0.2, -0.15) is 0 Å². The highest BCUT2D eigenvalue weighted by molar-refractivity contribution is 9.10. The number of hydrogen-bond acceptors (Lipinski definition) is 3. The van der Waals surface area contributed by atoms with Gasteiger partial charge in [-0.05, 0) is 22.0 Å². The summed E-state index contributed by atoms with van der Waals surface area (Å²) in [6.07, 6.45) is 0. The number of hydrogen-bond donors (Lipinski definition) is 0. The average molecular weight is 336 g/mol. The van der Waals surface area contributed by atoms with Crippen LogP contribution < -0.4 is 4.74 Å². The molecule has 0 amide bonds. The lowest BCUT2D eigenvalue weighted by molar-refractivity contribution is 0.319. The molecule has 0 saturated carbocycles. The largest absolute Gasteiger partial charge is 0.488 e. The van der Waals surface area contributed by atoms with E-state index < -0.39 is 26.4 Å². The van der Waals surface area contributed by atoms with Crippen LogP contribution in [0.15, 0.2) is 16.6 Å². The highest BCUT2D eigenvalue weighted by Gasteiger charge is 2.12. The molecular weight excluding hydrogens is 330 g/mol. The molecule has 90 valence electrons. The van der Waals surface area contributed by atoms with Crippen molar-refractivity contribution in [2.45, 2.75) is 0 Å². The topological polar surface area (TPSA) is 43.4 Å². The molecule has 0 aromatic heterocycles. The minimum Gasteiger partial charge on any atom is -0.488 e. The zero-order valence-corrected chi connectivity index (χ0v) is 10.9. The van der Waals surface area contributed by atoms with Gasteiger partial charge >= 0.3 is 0 Å². The maximum Gasteiger partial charge on any atom is 0.235 e. The van der Waals surface area contributed by atoms with Crippen LogP contribution >= 0.6 is 26.6 Å². The second-order valence-corrected chi connectivity index (χ2v) is 6.54. The minimum atomic E-state index is -3.69. The third-order valence-corrected chi connectivity index (χ3v) is 3.24. The van der Waals surface area contributed by atoms with E-state index in [4.69, 9.17) is 15.4 Å². The number of halogens is 4. The maximum atomic E-state index is 13.2. The van der Waals surface area contributed by atoms with E-state index in [0.29, 0.717) is 6.07 Å². The molecular formula is C8H6BrClF2O3S. The van der Waals surface area contributed by atoms with Crippen LogP contribution in [0.2, 0.25) is 0 Å². The number of benzene rings is 1. The van der Waals surface area contributed by atoms with Crippen LogP contribution in [0.1, 0.15) is 0 Å². The summed E-state index contributed by atoms with van der Waals surface area (Å²) >= 11 is 2.89. The van der Waals surface area contributed by atoms with Crippen LogP contribution in [0.4, 0.5) is 8.78 Å². The Morgan fingerprint density at radius 3 is 2.50 bits per heavy atom. The van der Waals surface area contributed by atoms with Gasteiger partial charge in [0.05, 0.1) is 10.2 Å². The van der Waals surface area contributed by atoms with Crippen molar-refractivity contribution >= 4 is 35.7 Å². The van der Waals surface area contributed by atoms with Crippen LogP contribution in [-0.2, 0) is 9.05 Å². The maximum absolute atomic E-state index is 13.2. The molecule has 1 aromatic rings. The summed E-state index contributed by atoms with van der Waals surface area (Å²) in [6, 6.07) is 1.64. The fraction of sp³-hybridized carbons (Fsp3) is 0.250. The lowest BCUT2D eigenvalue weighted by Crippen LogP contribution is -2.10. The summed E-state index contributed by atoms with van der Waals surface area (Å²) in [5, 5.41) is 0. The van der Waals surface area contributed by atoms with Gasteiger partial charge in [-0.3, -0.25) is 0 Å². The van der Waals surface area contributed by atoms with Crippen molar-refractivity contribution in [3.8, 4) is 5.75 Å². The van der Waals surface area contributed by atoms with Crippen molar-refractivity contribution in [2.24, 2.45) is 0 Å². The summed E-state index contributed by atoms with van der Waals surface area (Å²) in [5.74, 6) is -2.39. The molecule has 8 heteroatoms. The van der Waals surface area contributed by atoms with Crippen molar-refractivity contribution in [3.63, 3.8) is 0 Å². The molecule has 0 bridgehead atoms. The van der Waals surface area contributed by atoms with Gasteiger partial charge in [-0.15, -0.1) is 0 Å². The van der Waals surface area contributed by atoms with E-state index in [9.17, 15) is 17.2 Å². The zero-order valence-electron chi connectivity index (χ0n) is 7.71. The van der Waals surface area contributed by atoms with Crippen LogP contribution in [0, 0.1) is 11.6 Å². The Labute approximate surface area is 104 Å². The number of ether oxygens (including phenoxy) is 1. The molecule has 1 rings (SSSR count). The first kappa shape index (κ1) is 13.7. The molecule has 0 N–H and O–H groups in total. The molecule has 0 fully saturated rings. The molecule has 0 saturated heterocycles. The predicted octanol–water partition coefficient (Wildman–Crippen LogP) is 2.67. The second kappa shape index (κ2) is 5.29. The lowest BCUT2D eigenvalue weighted by atomic mass is 10.3. The molecule has 16 heavy (non-hydrogen) atoms. The Morgan fingerprint density at radius 1 is 1.38 bits per heavy atom. The lowest BCUT2D eigenvalue weighted by Gasteiger charge is -2.08. The molecule has 0 unspecified atom stereocenters. The summed E-state index contributed by atoms with van der Waals surface area (Å²) < 4.78 is 51.9. The van der Waals surface area contributed by atoms with E-state index in [2.05, 4.69) is 15.9 Å². The molecule has 0 aliphatic carbocycles.